The monoisotopic (exact) mass is 337 g/mol. The third kappa shape index (κ3) is 5.10. The van der Waals surface area contributed by atoms with Gasteiger partial charge in [0.1, 0.15) is 12.4 Å². The summed E-state index contributed by atoms with van der Waals surface area (Å²) >= 11 is 3.06. The van der Waals surface area contributed by atoms with E-state index in [2.05, 4.69) is 20.7 Å². The number of alkyl halides is 4. The molecule has 17 heavy (non-hydrogen) atoms. The number of hydrogen-bond acceptors (Lipinski definition) is 2. The molecular weight excluding hydrogens is 329 g/mol. The summed E-state index contributed by atoms with van der Waals surface area (Å²) < 4.78 is 52.6. The van der Waals surface area contributed by atoms with Crippen LogP contribution in [0.25, 0.3) is 0 Å². The van der Waals surface area contributed by atoms with Crippen LogP contribution in [0.3, 0.4) is 0 Å². The summed E-state index contributed by atoms with van der Waals surface area (Å²) in [7, 11) is 0. The first kappa shape index (κ1) is 16.5. The van der Waals surface area contributed by atoms with Crippen molar-refractivity contribution in [2.24, 2.45) is 5.73 Å². The van der Waals surface area contributed by atoms with Gasteiger partial charge in [-0.25, -0.2) is 4.39 Å². The van der Waals surface area contributed by atoms with Crippen molar-refractivity contribution in [3.8, 4) is 5.75 Å². The van der Waals surface area contributed by atoms with Crippen molar-refractivity contribution in [2.45, 2.75) is 12.4 Å². The summed E-state index contributed by atoms with van der Waals surface area (Å²) in [5.41, 5.74) is 5.31. The van der Waals surface area contributed by atoms with Crippen LogP contribution in [0.1, 0.15) is 11.6 Å². The van der Waals surface area contributed by atoms with Crippen molar-refractivity contribution >= 4 is 28.3 Å². The molecule has 1 aromatic rings. The molecule has 1 aromatic carbocycles. The molecule has 2 nitrogen and oxygen atoms in total. The van der Waals surface area contributed by atoms with E-state index in [1.165, 1.54) is 12.1 Å². The normalized spacial score (nSPS) is 12.8. The maximum atomic E-state index is 12.3. The summed E-state index contributed by atoms with van der Waals surface area (Å²) in [5, 5.41) is 0. The first-order valence-electron chi connectivity index (χ1n) is 4.20. The minimum atomic E-state index is -4.82. The summed E-state index contributed by atoms with van der Waals surface area (Å²) in [6, 6.07) is 2.60. The number of halogens is 6. The van der Waals surface area contributed by atoms with E-state index in [1.807, 2.05) is 0 Å². The third-order valence-electron chi connectivity index (χ3n) is 1.76. The van der Waals surface area contributed by atoms with Crippen LogP contribution in [0.5, 0.6) is 5.75 Å². The van der Waals surface area contributed by atoms with Gasteiger partial charge in [-0.2, -0.15) is 0 Å². The predicted molar refractivity (Wildman–Crippen MR) is 61.0 cm³/mol. The van der Waals surface area contributed by atoms with Gasteiger partial charge in [0.15, 0.2) is 0 Å². The lowest BCUT2D eigenvalue weighted by molar-refractivity contribution is -0.275. The van der Waals surface area contributed by atoms with E-state index in [9.17, 15) is 17.6 Å². The summed E-state index contributed by atoms with van der Waals surface area (Å²) in [6.45, 7) is -0.968. The molecule has 0 saturated heterocycles. The largest absolute Gasteiger partial charge is 0.573 e. The number of benzene rings is 1. The fraction of sp³-hybridized carbons (Fsp3) is 0.333. The molecule has 1 atom stereocenters. The number of ether oxygens (including phenoxy) is 1. The fourth-order valence-electron chi connectivity index (χ4n) is 1.11. The third-order valence-corrected chi connectivity index (χ3v) is 2.26. The van der Waals surface area contributed by atoms with Crippen molar-refractivity contribution in [1.29, 1.82) is 0 Å². The molecule has 0 bridgehead atoms. The highest BCUT2D eigenvalue weighted by molar-refractivity contribution is 9.10. The molecule has 0 heterocycles. The van der Waals surface area contributed by atoms with Gasteiger partial charge < -0.3 is 10.5 Å². The highest BCUT2D eigenvalue weighted by Gasteiger charge is 2.32. The Morgan fingerprint density at radius 1 is 1.35 bits per heavy atom. The molecule has 0 saturated carbocycles. The topological polar surface area (TPSA) is 35.2 Å². The fourth-order valence-corrected chi connectivity index (χ4v) is 1.49. The van der Waals surface area contributed by atoms with Gasteiger partial charge in [0, 0.05) is 10.0 Å². The Hall–Kier alpha value is -0.530. The van der Waals surface area contributed by atoms with E-state index < -0.39 is 24.8 Å². The van der Waals surface area contributed by atoms with Crippen molar-refractivity contribution in [3.05, 3.63) is 28.2 Å². The highest BCUT2D eigenvalue weighted by Crippen LogP contribution is 2.31. The van der Waals surface area contributed by atoms with Gasteiger partial charge in [-0.15, -0.1) is 25.6 Å². The van der Waals surface area contributed by atoms with Crippen LogP contribution < -0.4 is 10.5 Å². The molecule has 8 heteroatoms. The minimum Gasteiger partial charge on any atom is -0.405 e. The molecule has 0 spiro atoms. The first-order valence-corrected chi connectivity index (χ1v) is 4.99. The Balaban J connectivity index is 0.00000256. The minimum absolute atomic E-state index is 0. The smallest absolute Gasteiger partial charge is 0.405 e. The molecule has 0 aliphatic heterocycles. The van der Waals surface area contributed by atoms with E-state index in [0.29, 0.717) is 4.47 Å². The van der Waals surface area contributed by atoms with Crippen LogP contribution in [-0.2, 0) is 0 Å². The molecule has 0 amide bonds. The van der Waals surface area contributed by atoms with Crippen LogP contribution in [-0.4, -0.2) is 13.0 Å². The molecule has 0 radical (unpaired) electrons. The summed E-state index contributed by atoms with van der Waals surface area (Å²) in [6.07, 6.45) is -4.82. The van der Waals surface area contributed by atoms with Gasteiger partial charge in [0.2, 0.25) is 0 Å². The van der Waals surface area contributed by atoms with E-state index in [1.54, 1.807) is 0 Å². The Labute approximate surface area is 110 Å². The van der Waals surface area contributed by atoms with Crippen molar-refractivity contribution in [3.63, 3.8) is 0 Å². The lowest BCUT2D eigenvalue weighted by Crippen LogP contribution is -2.21. The van der Waals surface area contributed by atoms with Gasteiger partial charge in [0.05, 0.1) is 6.04 Å². The van der Waals surface area contributed by atoms with E-state index in [4.69, 9.17) is 5.73 Å². The molecule has 0 fully saturated rings. The first-order chi connectivity index (χ1) is 7.33. The predicted octanol–water partition coefficient (Wildman–Crippen LogP) is 3.74. The zero-order chi connectivity index (χ0) is 12.3. The average molecular weight is 339 g/mol. The highest BCUT2D eigenvalue weighted by atomic mass is 79.9. The van der Waals surface area contributed by atoms with Gasteiger partial charge in [-0.05, 0) is 18.2 Å². The van der Waals surface area contributed by atoms with Crippen LogP contribution in [0.15, 0.2) is 22.7 Å². The van der Waals surface area contributed by atoms with Crippen molar-refractivity contribution in [2.75, 3.05) is 6.67 Å². The quantitative estimate of drug-likeness (QED) is 0.852. The lowest BCUT2D eigenvalue weighted by Gasteiger charge is -2.16. The lowest BCUT2D eigenvalue weighted by atomic mass is 10.1. The molecule has 0 aliphatic carbocycles. The van der Waals surface area contributed by atoms with Gasteiger partial charge in [-0.1, -0.05) is 15.9 Å². The SMILES string of the molecule is Cl.N[C@@H](CF)c1cc(Br)ccc1OC(F)(F)F. The van der Waals surface area contributed by atoms with Crippen LogP contribution >= 0.6 is 28.3 Å². The maximum Gasteiger partial charge on any atom is 0.573 e. The summed E-state index contributed by atoms with van der Waals surface area (Å²) in [5.74, 6) is -0.485. The van der Waals surface area contributed by atoms with Crippen LogP contribution in [0.4, 0.5) is 17.6 Å². The molecular formula is C9H9BrClF4NO. The van der Waals surface area contributed by atoms with E-state index in [-0.39, 0.29) is 18.0 Å². The molecule has 1 rings (SSSR count). The Morgan fingerprint density at radius 2 is 1.94 bits per heavy atom. The Bertz CT molecular complexity index is 375. The van der Waals surface area contributed by atoms with Gasteiger partial charge in [-0.3, -0.25) is 0 Å². The Kier molecular flexibility index (Phi) is 6.22. The second-order valence-corrected chi connectivity index (χ2v) is 3.91. The average Bonchev–Trinajstić information content (AvgIpc) is 2.17. The van der Waals surface area contributed by atoms with E-state index >= 15 is 0 Å². The van der Waals surface area contributed by atoms with E-state index in [0.717, 1.165) is 6.07 Å². The number of hydrogen-bond donors (Lipinski definition) is 1. The molecule has 0 aliphatic rings. The molecule has 2 N–H and O–H groups in total. The van der Waals surface area contributed by atoms with Crippen molar-refractivity contribution < 1.29 is 22.3 Å². The molecule has 0 unspecified atom stereocenters. The number of rotatable bonds is 3. The Morgan fingerprint density at radius 3 is 2.41 bits per heavy atom. The summed E-state index contributed by atoms with van der Waals surface area (Å²) in [4.78, 5) is 0. The molecule has 98 valence electrons. The zero-order valence-corrected chi connectivity index (χ0v) is 10.7. The standard InChI is InChI=1S/C9H8BrF4NO.ClH/c10-5-1-2-8(16-9(12,13)14)6(3-5)7(15)4-11;/h1-3,7H,4,15H2;1H/t7-;/m0./s1. The van der Waals surface area contributed by atoms with Crippen LogP contribution in [0.2, 0.25) is 0 Å². The number of nitrogens with two attached hydrogens (primary N) is 1. The second-order valence-electron chi connectivity index (χ2n) is 2.99. The van der Waals surface area contributed by atoms with Crippen molar-refractivity contribution in [1.82, 2.24) is 0 Å². The van der Waals surface area contributed by atoms with Gasteiger partial charge >= 0.3 is 6.36 Å². The van der Waals surface area contributed by atoms with Gasteiger partial charge in [0.25, 0.3) is 0 Å². The second kappa shape index (κ2) is 6.42. The maximum absolute atomic E-state index is 12.3. The molecule has 0 aromatic heterocycles. The zero-order valence-electron chi connectivity index (χ0n) is 8.30. The van der Waals surface area contributed by atoms with Crippen LogP contribution in [0, 0.1) is 0 Å².